The van der Waals surface area contributed by atoms with Gasteiger partial charge in [0.05, 0.1) is 31.4 Å². The number of ether oxygens (including phenoxy) is 2. The average molecular weight is 552 g/mol. The highest BCUT2D eigenvalue weighted by Crippen LogP contribution is 2.26. The number of rotatable bonds is 7. The van der Waals surface area contributed by atoms with E-state index in [0.717, 1.165) is 5.56 Å². The molecule has 0 saturated carbocycles. The van der Waals surface area contributed by atoms with E-state index in [-0.39, 0.29) is 23.8 Å². The molecule has 0 aliphatic rings. The van der Waals surface area contributed by atoms with Crippen molar-refractivity contribution in [1.82, 2.24) is 5.32 Å². The van der Waals surface area contributed by atoms with Crippen molar-refractivity contribution in [2.24, 2.45) is 0 Å². The number of methoxy groups -OCH3 is 1. The van der Waals surface area contributed by atoms with Crippen LogP contribution < -0.4 is 15.0 Å². The summed E-state index contributed by atoms with van der Waals surface area (Å²) in [4.78, 5) is 26.8. The number of thiocarbonyl (C=S) groups is 1. The molecule has 0 aromatic heterocycles. The first-order valence-electron chi connectivity index (χ1n) is 10.4. The van der Waals surface area contributed by atoms with E-state index in [1.54, 1.807) is 66.4 Å². The molecular formula is C25H21Cl3N2O4S. The molecule has 0 fully saturated rings. The lowest BCUT2D eigenvalue weighted by Crippen LogP contribution is -2.42. The van der Waals surface area contributed by atoms with Crippen molar-refractivity contribution in [3.05, 3.63) is 92.4 Å². The first-order chi connectivity index (χ1) is 16.7. The fourth-order valence-corrected chi connectivity index (χ4v) is 4.09. The molecule has 10 heteroatoms. The van der Waals surface area contributed by atoms with Crippen molar-refractivity contribution >= 4 is 69.7 Å². The highest BCUT2D eigenvalue weighted by Gasteiger charge is 2.20. The monoisotopic (exact) mass is 550 g/mol. The van der Waals surface area contributed by atoms with E-state index < -0.39 is 11.9 Å². The topological polar surface area (TPSA) is 67.9 Å². The molecule has 0 heterocycles. The third-order valence-electron chi connectivity index (χ3n) is 4.91. The van der Waals surface area contributed by atoms with Crippen LogP contribution in [0.25, 0.3) is 0 Å². The Hall–Kier alpha value is -2.84. The number of amides is 1. The molecule has 3 aromatic carbocycles. The van der Waals surface area contributed by atoms with Crippen LogP contribution in [-0.4, -0.2) is 30.7 Å². The normalized spacial score (nSPS) is 10.4. The maximum atomic E-state index is 13.0. The second kappa shape index (κ2) is 12.2. The zero-order chi connectivity index (χ0) is 25.5. The Labute approximate surface area is 223 Å². The Morgan fingerprint density at radius 1 is 0.971 bits per heavy atom. The van der Waals surface area contributed by atoms with Crippen LogP contribution in [0.4, 0.5) is 5.69 Å². The van der Waals surface area contributed by atoms with E-state index in [4.69, 9.17) is 56.5 Å². The van der Waals surface area contributed by atoms with Gasteiger partial charge >= 0.3 is 5.97 Å². The minimum Gasteiger partial charge on any atom is -0.496 e. The summed E-state index contributed by atoms with van der Waals surface area (Å²) in [6.45, 7) is 2.23. The standard InChI is InChI=1S/C25H21Cl3N2O4S/c1-3-34-24(32)15-5-9-19(10-6-15)30(14-16-4-7-18(27)13-21(16)28)25(35)29-23(31)20-12-17(26)8-11-22(20)33-2/h4-13H,3,14H2,1-2H3,(H,29,31,35). The molecule has 0 unspecified atom stereocenters. The van der Waals surface area contributed by atoms with Crippen LogP contribution in [0.3, 0.4) is 0 Å². The summed E-state index contributed by atoms with van der Waals surface area (Å²) in [5, 5.41) is 4.14. The van der Waals surface area contributed by atoms with E-state index in [1.807, 2.05) is 0 Å². The molecule has 0 atom stereocenters. The van der Waals surface area contributed by atoms with Crippen LogP contribution in [0, 0.1) is 0 Å². The second-order valence-corrected chi connectivity index (χ2v) is 8.86. The predicted octanol–water partition coefficient (Wildman–Crippen LogP) is 6.55. The highest BCUT2D eigenvalue weighted by atomic mass is 35.5. The molecule has 0 aliphatic heterocycles. The van der Waals surface area contributed by atoms with Crippen LogP contribution >= 0.6 is 47.0 Å². The Bertz CT molecular complexity index is 1250. The van der Waals surface area contributed by atoms with Crippen LogP contribution in [0.1, 0.15) is 33.2 Å². The van der Waals surface area contributed by atoms with Gasteiger partial charge in [0.2, 0.25) is 0 Å². The van der Waals surface area contributed by atoms with Crippen LogP contribution in [0.2, 0.25) is 15.1 Å². The van der Waals surface area contributed by atoms with Gasteiger partial charge in [-0.3, -0.25) is 10.1 Å². The summed E-state index contributed by atoms with van der Waals surface area (Å²) in [5.41, 5.74) is 1.96. The SMILES string of the molecule is CCOC(=O)c1ccc(N(Cc2ccc(Cl)cc2Cl)C(=S)NC(=O)c2cc(Cl)ccc2OC)cc1. The van der Waals surface area contributed by atoms with E-state index >= 15 is 0 Å². The maximum Gasteiger partial charge on any atom is 0.338 e. The number of hydrogen-bond donors (Lipinski definition) is 1. The van der Waals surface area contributed by atoms with Crippen molar-refractivity contribution in [3.63, 3.8) is 0 Å². The molecule has 3 rings (SSSR count). The maximum absolute atomic E-state index is 13.0. The fraction of sp³-hybridized carbons (Fsp3) is 0.160. The van der Waals surface area contributed by atoms with Crippen LogP contribution in [0.15, 0.2) is 60.7 Å². The van der Waals surface area contributed by atoms with Gasteiger partial charge in [0.15, 0.2) is 5.11 Å². The quantitative estimate of drug-likeness (QED) is 0.265. The van der Waals surface area contributed by atoms with Gasteiger partial charge in [-0.1, -0.05) is 40.9 Å². The first kappa shape index (κ1) is 26.8. The summed E-state index contributed by atoms with van der Waals surface area (Å²) in [6.07, 6.45) is 0. The molecule has 0 aliphatic carbocycles. The minimum atomic E-state index is -0.496. The smallest absolute Gasteiger partial charge is 0.338 e. The third-order valence-corrected chi connectivity index (χ3v) is 6.05. The van der Waals surface area contributed by atoms with Crippen LogP contribution in [0.5, 0.6) is 5.75 Å². The largest absolute Gasteiger partial charge is 0.496 e. The molecule has 6 nitrogen and oxygen atoms in total. The van der Waals surface area contributed by atoms with E-state index in [9.17, 15) is 9.59 Å². The van der Waals surface area contributed by atoms with Crippen LogP contribution in [-0.2, 0) is 11.3 Å². The summed E-state index contributed by atoms with van der Waals surface area (Å²) >= 11 is 24.1. The van der Waals surface area contributed by atoms with Gasteiger partial charge in [-0.15, -0.1) is 0 Å². The van der Waals surface area contributed by atoms with Gasteiger partial charge in [0.1, 0.15) is 5.75 Å². The molecule has 0 spiro atoms. The van der Waals surface area contributed by atoms with Gasteiger partial charge in [-0.25, -0.2) is 4.79 Å². The number of carbonyl (C=O) groups is 2. The predicted molar refractivity (Wildman–Crippen MR) is 143 cm³/mol. The van der Waals surface area contributed by atoms with Gasteiger partial charge in [0.25, 0.3) is 5.91 Å². The molecule has 1 amide bonds. The Balaban J connectivity index is 1.93. The number of anilines is 1. The molecule has 1 N–H and O–H groups in total. The lowest BCUT2D eigenvalue weighted by molar-refractivity contribution is 0.0526. The lowest BCUT2D eigenvalue weighted by atomic mass is 10.1. The molecule has 182 valence electrons. The molecule has 0 saturated heterocycles. The summed E-state index contributed by atoms with van der Waals surface area (Å²) in [5.74, 6) is -0.583. The zero-order valence-electron chi connectivity index (χ0n) is 18.8. The number of benzene rings is 3. The van der Waals surface area contributed by atoms with Crippen molar-refractivity contribution in [2.45, 2.75) is 13.5 Å². The second-order valence-electron chi connectivity index (χ2n) is 7.19. The zero-order valence-corrected chi connectivity index (χ0v) is 21.9. The fourth-order valence-electron chi connectivity index (χ4n) is 3.18. The minimum absolute atomic E-state index is 0.104. The van der Waals surface area contributed by atoms with Crippen molar-refractivity contribution in [1.29, 1.82) is 0 Å². The van der Waals surface area contributed by atoms with Gasteiger partial charge in [-0.05, 0) is 79.3 Å². The van der Waals surface area contributed by atoms with Gasteiger partial charge in [0, 0.05) is 20.8 Å². The number of nitrogens with one attached hydrogen (secondary N) is 1. The molecular weight excluding hydrogens is 531 g/mol. The number of carbonyl (C=O) groups excluding carboxylic acids is 2. The van der Waals surface area contributed by atoms with Gasteiger partial charge in [-0.2, -0.15) is 0 Å². The average Bonchev–Trinajstić information content (AvgIpc) is 2.83. The number of esters is 1. The van der Waals surface area contributed by atoms with E-state index in [0.29, 0.717) is 32.1 Å². The molecule has 3 aromatic rings. The first-order valence-corrected chi connectivity index (χ1v) is 11.9. The Morgan fingerprint density at radius 2 is 1.63 bits per heavy atom. The van der Waals surface area contributed by atoms with E-state index in [2.05, 4.69) is 5.32 Å². The lowest BCUT2D eigenvalue weighted by Gasteiger charge is -2.26. The van der Waals surface area contributed by atoms with Crippen molar-refractivity contribution in [3.8, 4) is 5.75 Å². The van der Waals surface area contributed by atoms with Gasteiger partial charge < -0.3 is 14.4 Å². The Morgan fingerprint density at radius 3 is 2.26 bits per heavy atom. The van der Waals surface area contributed by atoms with Crippen molar-refractivity contribution < 1.29 is 19.1 Å². The third kappa shape index (κ3) is 6.86. The molecule has 0 radical (unpaired) electrons. The van der Waals surface area contributed by atoms with E-state index in [1.165, 1.54) is 13.2 Å². The molecule has 0 bridgehead atoms. The number of nitrogens with zero attached hydrogens (tertiary/aromatic N) is 1. The summed E-state index contributed by atoms with van der Waals surface area (Å²) in [7, 11) is 1.46. The highest BCUT2D eigenvalue weighted by molar-refractivity contribution is 7.80. The molecule has 35 heavy (non-hydrogen) atoms. The summed E-state index contributed by atoms with van der Waals surface area (Å²) in [6, 6.07) is 16.5. The summed E-state index contributed by atoms with van der Waals surface area (Å²) < 4.78 is 10.3. The Kier molecular flexibility index (Phi) is 9.34. The van der Waals surface area contributed by atoms with Crippen molar-refractivity contribution in [2.75, 3.05) is 18.6 Å². The number of halogens is 3. The number of hydrogen-bond acceptors (Lipinski definition) is 5.